The Balaban J connectivity index is 2.03. The molecule has 0 aromatic heterocycles. The average molecular weight is 569 g/mol. The van der Waals surface area contributed by atoms with Crippen molar-refractivity contribution in [2.24, 2.45) is 0 Å². The summed E-state index contributed by atoms with van der Waals surface area (Å²) < 4.78 is 56.3. The molecule has 208 valence electrons. The van der Waals surface area contributed by atoms with Crippen molar-refractivity contribution in [3.63, 3.8) is 0 Å². The second kappa shape index (κ2) is 11.4. The molecule has 0 amide bonds. The molecule has 0 radical (unpaired) electrons. The SMILES string of the molecule is CCCCC1(CC)CN(c2ccccc2)c2cc(S(C)(=O)=O)c(O)cc2S(=O)(=O)N1B(C)Cc1ccccc1. The van der Waals surface area contributed by atoms with Gasteiger partial charge in [0.1, 0.15) is 15.5 Å². The molecule has 0 bridgehead atoms. The maximum Gasteiger partial charge on any atom is 0.244 e. The van der Waals surface area contributed by atoms with Gasteiger partial charge in [-0.05, 0) is 37.4 Å². The monoisotopic (exact) mass is 568 g/mol. The van der Waals surface area contributed by atoms with Gasteiger partial charge in [0.15, 0.2) is 9.84 Å². The van der Waals surface area contributed by atoms with Crippen LogP contribution in [0.25, 0.3) is 0 Å². The van der Waals surface area contributed by atoms with E-state index in [0.717, 1.165) is 36.4 Å². The zero-order valence-corrected chi connectivity index (χ0v) is 24.7. The summed E-state index contributed by atoms with van der Waals surface area (Å²) in [4.78, 5) is 1.52. The van der Waals surface area contributed by atoms with Crippen LogP contribution in [0, 0.1) is 0 Å². The molecule has 1 unspecified atom stereocenters. The second-order valence-corrected chi connectivity index (χ2v) is 14.3. The van der Waals surface area contributed by atoms with Crippen LogP contribution in [-0.4, -0.2) is 51.3 Å². The number of nitrogens with zero attached hydrogens (tertiary/aromatic N) is 2. The third-order valence-corrected chi connectivity index (χ3v) is 11.0. The molecule has 1 aliphatic heterocycles. The minimum atomic E-state index is -4.18. The third-order valence-electron chi connectivity index (χ3n) is 7.68. The number of anilines is 2. The molecule has 0 saturated carbocycles. The zero-order valence-electron chi connectivity index (χ0n) is 23.0. The van der Waals surface area contributed by atoms with Gasteiger partial charge in [0.2, 0.25) is 16.9 Å². The first-order chi connectivity index (χ1) is 18.4. The highest BCUT2D eigenvalue weighted by Gasteiger charge is 2.51. The van der Waals surface area contributed by atoms with Crippen LogP contribution in [0.15, 0.2) is 82.6 Å². The van der Waals surface area contributed by atoms with Gasteiger partial charge in [0.05, 0.1) is 5.69 Å². The van der Waals surface area contributed by atoms with Crippen molar-refractivity contribution in [1.29, 1.82) is 0 Å². The number of phenols is 1. The summed E-state index contributed by atoms with van der Waals surface area (Å²) in [6, 6.07) is 21.7. The Hall–Kier alpha value is -2.82. The molecule has 0 fully saturated rings. The van der Waals surface area contributed by atoms with Crippen LogP contribution in [0.3, 0.4) is 0 Å². The summed E-state index contributed by atoms with van der Waals surface area (Å²) >= 11 is 0. The van der Waals surface area contributed by atoms with Crippen LogP contribution in [-0.2, 0) is 26.2 Å². The lowest BCUT2D eigenvalue weighted by Gasteiger charge is -2.46. The van der Waals surface area contributed by atoms with Gasteiger partial charge >= 0.3 is 0 Å². The van der Waals surface area contributed by atoms with Crippen molar-refractivity contribution >= 4 is 38.1 Å². The predicted molar refractivity (Wildman–Crippen MR) is 158 cm³/mol. The lowest BCUT2D eigenvalue weighted by molar-refractivity contribution is 0.243. The molecule has 1 N–H and O–H groups in total. The molecule has 0 saturated heterocycles. The van der Waals surface area contributed by atoms with E-state index in [-0.39, 0.29) is 15.5 Å². The second-order valence-electron chi connectivity index (χ2n) is 10.5. The fourth-order valence-corrected chi connectivity index (χ4v) is 8.79. The van der Waals surface area contributed by atoms with Gasteiger partial charge in [-0.3, -0.25) is 0 Å². The molecule has 3 aromatic carbocycles. The number of rotatable bonds is 9. The number of sulfone groups is 1. The highest BCUT2D eigenvalue weighted by molar-refractivity contribution is 7.91. The standard InChI is InChI=1S/C29H37BN2O5S2/c1-5-7-18-29(6-2)22-31(24-16-12-9-13-17-24)25-19-28(38(4,34)35)26(33)20-27(25)39(36,37)32(29)30(3)21-23-14-10-8-11-15-23/h8-17,19-20,33H,5-7,18,21-22H2,1-4H3. The molecule has 1 heterocycles. The number of phenolic OH excluding ortho intramolecular Hbond substituents is 1. The fourth-order valence-electron chi connectivity index (χ4n) is 5.78. The van der Waals surface area contributed by atoms with E-state index in [1.165, 1.54) is 6.07 Å². The Bertz CT molecular complexity index is 1520. The molecular formula is C29H37BN2O5S2. The van der Waals surface area contributed by atoms with E-state index in [2.05, 4.69) is 6.92 Å². The number of hydrogen-bond donors (Lipinski definition) is 1. The van der Waals surface area contributed by atoms with Gasteiger partial charge in [-0.2, -0.15) is 0 Å². The number of benzene rings is 3. The Morgan fingerprint density at radius 2 is 1.62 bits per heavy atom. The van der Waals surface area contributed by atoms with E-state index in [1.54, 1.807) is 4.22 Å². The largest absolute Gasteiger partial charge is 0.507 e. The summed E-state index contributed by atoms with van der Waals surface area (Å²) in [7, 11) is -8.00. The summed E-state index contributed by atoms with van der Waals surface area (Å²) in [5, 5.41) is 10.8. The van der Waals surface area contributed by atoms with Crippen LogP contribution in [0.2, 0.25) is 6.82 Å². The molecule has 1 aliphatic rings. The predicted octanol–water partition coefficient (Wildman–Crippen LogP) is 5.68. The minimum absolute atomic E-state index is 0.0945. The zero-order chi connectivity index (χ0) is 28.4. The minimum Gasteiger partial charge on any atom is -0.507 e. The molecule has 39 heavy (non-hydrogen) atoms. The van der Waals surface area contributed by atoms with E-state index < -0.39 is 38.0 Å². The van der Waals surface area contributed by atoms with Gasteiger partial charge in [-0.1, -0.05) is 87.6 Å². The summed E-state index contributed by atoms with van der Waals surface area (Å²) in [5.74, 6) is -0.568. The molecule has 10 heteroatoms. The highest BCUT2D eigenvalue weighted by atomic mass is 32.2. The molecule has 0 aliphatic carbocycles. The maximum absolute atomic E-state index is 14.7. The molecule has 4 rings (SSSR count). The number of sulfonamides is 1. The van der Waals surface area contributed by atoms with Gasteiger partial charge in [0.25, 0.3) is 0 Å². The molecule has 0 spiro atoms. The Labute approximate surface area is 233 Å². The van der Waals surface area contributed by atoms with Crippen molar-refractivity contribution in [2.75, 3.05) is 17.7 Å². The van der Waals surface area contributed by atoms with Gasteiger partial charge in [0, 0.05) is 30.1 Å². The third kappa shape index (κ3) is 5.74. The lowest BCUT2D eigenvalue weighted by Crippen LogP contribution is -2.60. The number of para-hydroxylation sites is 1. The molecular weight excluding hydrogens is 531 g/mol. The number of unbranched alkanes of at least 4 members (excludes halogenated alkanes) is 1. The summed E-state index contributed by atoms with van der Waals surface area (Å²) in [5.41, 5.74) is 1.26. The van der Waals surface area contributed by atoms with E-state index >= 15 is 0 Å². The number of fused-ring (bicyclic) bond motifs is 1. The fraction of sp³-hybridized carbons (Fsp3) is 0.379. The summed E-state index contributed by atoms with van der Waals surface area (Å²) in [6.45, 7) is 5.99. The number of hydrogen-bond acceptors (Lipinski definition) is 6. The molecule has 1 atom stereocenters. The smallest absolute Gasteiger partial charge is 0.244 e. The van der Waals surface area contributed by atoms with Crippen molar-refractivity contribution in [3.8, 4) is 5.75 Å². The van der Waals surface area contributed by atoms with E-state index in [1.807, 2.05) is 79.3 Å². The Kier molecular flexibility index (Phi) is 8.49. The average Bonchev–Trinajstić information content (AvgIpc) is 2.98. The highest BCUT2D eigenvalue weighted by Crippen LogP contribution is 2.47. The Morgan fingerprint density at radius 1 is 1.00 bits per heavy atom. The van der Waals surface area contributed by atoms with Crippen molar-refractivity contribution in [2.45, 2.75) is 68.0 Å². The van der Waals surface area contributed by atoms with E-state index in [9.17, 15) is 21.9 Å². The lowest BCUT2D eigenvalue weighted by atomic mass is 9.57. The normalized spacial score (nSPS) is 19.3. The van der Waals surface area contributed by atoms with Crippen LogP contribution in [0.5, 0.6) is 5.75 Å². The van der Waals surface area contributed by atoms with Crippen molar-refractivity contribution in [1.82, 2.24) is 4.22 Å². The topological polar surface area (TPSA) is 95.0 Å². The van der Waals surface area contributed by atoms with Gasteiger partial charge in [-0.25, -0.2) is 21.1 Å². The van der Waals surface area contributed by atoms with Crippen molar-refractivity contribution < 1.29 is 21.9 Å². The Morgan fingerprint density at radius 3 is 2.18 bits per heavy atom. The van der Waals surface area contributed by atoms with Crippen LogP contribution >= 0.6 is 0 Å². The van der Waals surface area contributed by atoms with Gasteiger partial charge < -0.3 is 10.0 Å². The molecule has 7 nitrogen and oxygen atoms in total. The van der Waals surface area contributed by atoms with E-state index in [0.29, 0.717) is 25.7 Å². The van der Waals surface area contributed by atoms with Crippen LogP contribution < -0.4 is 4.90 Å². The summed E-state index contributed by atoms with van der Waals surface area (Å²) in [6.07, 6.45) is 4.46. The molecule has 3 aromatic rings. The van der Waals surface area contributed by atoms with E-state index in [4.69, 9.17) is 0 Å². The van der Waals surface area contributed by atoms with Gasteiger partial charge in [-0.15, -0.1) is 0 Å². The first kappa shape index (κ1) is 29.2. The number of aromatic hydroxyl groups is 1. The first-order valence-corrected chi connectivity index (χ1v) is 16.8. The van der Waals surface area contributed by atoms with Crippen LogP contribution in [0.1, 0.15) is 45.1 Å². The first-order valence-electron chi connectivity index (χ1n) is 13.4. The quantitative estimate of drug-likeness (QED) is 0.334. The maximum atomic E-state index is 14.7. The van der Waals surface area contributed by atoms with Crippen LogP contribution in [0.4, 0.5) is 11.4 Å². The van der Waals surface area contributed by atoms with Crippen molar-refractivity contribution in [3.05, 3.63) is 78.4 Å².